The van der Waals surface area contributed by atoms with Crippen LogP contribution in [0.5, 0.6) is 0 Å². The van der Waals surface area contributed by atoms with Gasteiger partial charge < -0.3 is 10.2 Å². The number of rotatable bonds is 3. The zero-order valence-corrected chi connectivity index (χ0v) is 10.5. The van der Waals surface area contributed by atoms with Gasteiger partial charge in [0, 0.05) is 44.8 Å². The lowest BCUT2D eigenvalue weighted by atomic mass is 10.2. The molecule has 17 heavy (non-hydrogen) atoms. The van der Waals surface area contributed by atoms with E-state index in [-0.39, 0.29) is 5.91 Å². The van der Waals surface area contributed by atoms with Crippen LogP contribution in [-0.4, -0.2) is 46.3 Å². The fourth-order valence-electron chi connectivity index (χ4n) is 2.15. The Kier molecular flexibility index (Phi) is 3.78. The average molecular weight is 236 g/mol. The van der Waals surface area contributed by atoms with Crippen molar-refractivity contribution in [2.24, 2.45) is 0 Å². The number of carbonyl (C=O) groups is 1. The molecule has 2 heterocycles. The van der Waals surface area contributed by atoms with Crippen LogP contribution >= 0.6 is 0 Å². The number of aromatic nitrogens is 2. The third kappa shape index (κ3) is 3.06. The van der Waals surface area contributed by atoms with E-state index in [4.69, 9.17) is 0 Å². The van der Waals surface area contributed by atoms with Gasteiger partial charge in [-0.25, -0.2) is 0 Å². The summed E-state index contributed by atoms with van der Waals surface area (Å²) in [6.45, 7) is 7.37. The predicted octanol–water partition coefficient (Wildman–Crippen LogP) is 0.402. The van der Waals surface area contributed by atoms with Crippen molar-refractivity contribution in [3.05, 3.63) is 18.0 Å². The highest BCUT2D eigenvalue weighted by molar-refractivity contribution is 5.76. The molecule has 0 aromatic carbocycles. The maximum atomic E-state index is 12.0. The summed E-state index contributed by atoms with van der Waals surface area (Å²) in [6, 6.07) is 0.301. The molecule has 1 aliphatic heterocycles. The van der Waals surface area contributed by atoms with Crippen LogP contribution in [0.1, 0.15) is 18.9 Å². The number of aryl methyl sites for hydroxylation is 2. The molecule has 1 saturated heterocycles. The lowest BCUT2D eigenvalue weighted by Crippen LogP contribution is -2.52. The van der Waals surface area contributed by atoms with Crippen molar-refractivity contribution in [1.29, 1.82) is 0 Å². The van der Waals surface area contributed by atoms with E-state index in [2.05, 4.69) is 17.3 Å². The van der Waals surface area contributed by atoms with Gasteiger partial charge in [-0.05, 0) is 19.4 Å². The Bertz CT molecular complexity index is 388. The molecule has 5 heteroatoms. The van der Waals surface area contributed by atoms with Crippen LogP contribution in [-0.2, 0) is 11.3 Å². The van der Waals surface area contributed by atoms with Crippen molar-refractivity contribution in [3.8, 4) is 0 Å². The highest BCUT2D eigenvalue weighted by Crippen LogP contribution is 2.06. The summed E-state index contributed by atoms with van der Waals surface area (Å²) in [5.41, 5.74) is 1.13. The summed E-state index contributed by atoms with van der Waals surface area (Å²) in [7, 11) is 0. The Morgan fingerprint density at radius 3 is 3.12 bits per heavy atom. The first-order valence-corrected chi connectivity index (χ1v) is 6.16. The van der Waals surface area contributed by atoms with Crippen molar-refractivity contribution in [3.63, 3.8) is 0 Å². The van der Waals surface area contributed by atoms with Gasteiger partial charge in [-0.3, -0.25) is 9.48 Å². The molecule has 1 atom stereocenters. The second-order valence-electron chi connectivity index (χ2n) is 4.67. The Balaban J connectivity index is 1.84. The fraction of sp³-hybridized carbons (Fsp3) is 0.667. The van der Waals surface area contributed by atoms with Crippen LogP contribution in [0.3, 0.4) is 0 Å². The molecule has 1 aliphatic rings. The molecule has 5 nitrogen and oxygen atoms in total. The summed E-state index contributed by atoms with van der Waals surface area (Å²) in [6.07, 6.45) is 4.32. The van der Waals surface area contributed by atoms with Gasteiger partial charge in [0.05, 0.1) is 6.20 Å². The van der Waals surface area contributed by atoms with Gasteiger partial charge in [-0.2, -0.15) is 5.10 Å². The standard InChI is InChI=1S/C12H20N4O/c1-10-7-14-15(9-10)5-3-12(17)16-6-4-13-8-11(16)2/h7,9,11,13H,3-6,8H2,1-2H3. The molecule has 0 radical (unpaired) electrons. The minimum absolute atomic E-state index is 0.229. The topological polar surface area (TPSA) is 50.2 Å². The molecule has 2 rings (SSSR count). The second-order valence-corrected chi connectivity index (χ2v) is 4.67. The number of amides is 1. The highest BCUT2D eigenvalue weighted by Gasteiger charge is 2.22. The third-order valence-corrected chi connectivity index (χ3v) is 3.14. The second kappa shape index (κ2) is 5.31. The third-order valence-electron chi connectivity index (χ3n) is 3.14. The zero-order chi connectivity index (χ0) is 12.3. The fourth-order valence-corrected chi connectivity index (χ4v) is 2.15. The largest absolute Gasteiger partial charge is 0.337 e. The number of piperazine rings is 1. The molecule has 0 spiro atoms. The normalized spacial score (nSPS) is 20.6. The predicted molar refractivity (Wildman–Crippen MR) is 65.6 cm³/mol. The van der Waals surface area contributed by atoms with Gasteiger partial charge >= 0.3 is 0 Å². The van der Waals surface area contributed by atoms with Crippen LogP contribution in [0.4, 0.5) is 0 Å². The van der Waals surface area contributed by atoms with E-state index >= 15 is 0 Å². The van der Waals surface area contributed by atoms with Crippen molar-refractivity contribution in [2.45, 2.75) is 32.9 Å². The summed E-state index contributed by atoms with van der Waals surface area (Å²) in [5.74, 6) is 0.229. The Labute approximate surface area is 102 Å². The molecule has 0 saturated carbocycles. The number of carbonyl (C=O) groups excluding carboxylic acids is 1. The Morgan fingerprint density at radius 1 is 1.65 bits per heavy atom. The number of nitrogens with zero attached hydrogens (tertiary/aromatic N) is 3. The molecule has 0 bridgehead atoms. The van der Waals surface area contributed by atoms with Crippen molar-refractivity contribution >= 4 is 5.91 Å². The van der Waals surface area contributed by atoms with E-state index in [9.17, 15) is 4.79 Å². The van der Waals surface area contributed by atoms with Crippen LogP contribution in [0, 0.1) is 6.92 Å². The summed E-state index contributed by atoms with van der Waals surface area (Å²) in [4.78, 5) is 14.0. The van der Waals surface area contributed by atoms with Crippen LogP contribution < -0.4 is 5.32 Å². The van der Waals surface area contributed by atoms with Crippen molar-refractivity contribution in [1.82, 2.24) is 20.0 Å². The average Bonchev–Trinajstić information content (AvgIpc) is 2.73. The van der Waals surface area contributed by atoms with E-state index in [0.717, 1.165) is 25.2 Å². The van der Waals surface area contributed by atoms with Gasteiger partial charge in [-0.15, -0.1) is 0 Å². The van der Waals surface area contributed by atoms with Crippen LogP contribution in [0.2, 0.25) is 0 Å². The first-order chi connectivity index (χ1) is 8.16. The first kappa shape index (κ1) is 12.1. The molecule has 1 N–H and O–H groups in total. The van der Waals surface area contributed by atoms with Gasteiger partial charge in [0.15, 0.2) is 0 Å². The minimum Gasteiger partial charge on any atom is -0.337 e. The lowest BCUT2D eigenvalue weighted by molar-refractivity contribution is -0.134. The van der Waals surface area contributed by atoms with E-state index in [1.54, 1.807) is 0 Å². The van der Waals surface area contributed by atoms with Crippen molar-refractivity contribution in [2.75, 3.05) is 19.6 Å². The van der Waals surface area contributed by atoms with E-state index in [0.29, 0.717) is 19.0 Å². The number of nitrogens with one attached hydrogen (secondary N) is 1. The minimum atomic E-state index is 0.229. The molecular formula is C12H20N4O. The van der Waals surface area contributed by atoms with Crippen molar-refractivity contribution < 1.29 is 4.79 Å². The maximum absolute atomic E-state index is 12.0. The molecule has 1 unspecified atom stereocenters. The quantitative estimate of drug-likeness (QED) is 0.826. The molecule has 0 aliphatic carbocycles. The summed E-state index contributed by atoms with van der Waals surface area (Å²) >= 11 is 0. The number of hydrogen-bond acceptors (Lipinski definition) is 3. The molecule has 1 aromatic heterocycles. The maximum Gasteiger partial charge on any atom is 0.224 e. The first-order valence-electron chi connectivity index (χ1n) is 6.16. The Hall–Kier alpha value is -1.36. The smallest absolute Gasteiger partial charge is 0.224 e. The summed E-state index contributed by atoms with van der Waals surface area (Å²) < 4.78 is 1.83. The molecule has 94 valence electrons. The Morgan fingerprint density at radius 2 is 2.47 bits per heavy atom. The van der Waals surface area contributed by atoms with Crippen LogP contribution in [0.25, 0.3) is 0 Å². The van der Waals surface area contributed by atoms with Crippen LogP contribution in [0.15, 0.2) is 12.4 Å². The highest BCUT2D eigenvalue weighted by atomic mass is 16.2. The summed E-state index contributed by atoms with van der Waals surface area (Å²) in [5, 5.41) is 7.47. The van der Waals surface area contributed by atoms with Gasteiger partial charge in [0.25, 0.3) is 0 Å². The van der Waals surface area contributed by atoms with Gasteiger partial charge in [0.1, 0.15) is 0 Å². The monoisotopic (exact) mass is 236 g/mol. The molecular weight excluding hydrogens is 216 g/mol. The zero-order valence-electron chi connectivity index (χ0n) is 10.5. The number of hydrogen-bond donors (Lipinski definition) is 1. The van der Waals surface area contributed by atoms with Gasteiger partial charge in [-0.1, -0.05) is 0 Å². The molecule has 1 fully saturated rings. The van der Waals surface area contributed by atoms with Gasteiger partial charge in [0.2, 0.25) is 5.91 Å². The van der Waals surface area contributed by atoms with E-state index < -0.39 is 0 Å². The van der Waals surface area contributed by atoms with E-state index in [1.165, 1.54) is 0 Å². The molecule has 1 amide bonds. The molecule has 1 aromatic rings. The SMILES string of the molecule is Cc1cnn(CCC(=O)N2CCNCC2C)c1. The lowest BCUT2D eigenvalue weighted by Gasteiger charge is -2.34. The van der Waals surface area contributed by atoms with E-state index in [1.807, 2.05) is 28.9 Å².